The molecule has 3 unspecified atom stereocenters. The van der Waals surface area contributed by atoms with Crippen LogP contribution in [0.1, 0.15) is 51.1 Å². The van der Waals surface area contributed by atoms with Gasteiger partial charge in [0.15, 0.2) is 0 Å². The minimum absolute atomic E-state index is 0.160. The lowest BCUT2D eigenvalue weighted by molar-refractivity contribution is 0.0797. The van der Waals surface area contributed by atoms with Gasteiger partial charge in [0.05, 0.1) is 0 Å². The minimum atomic E-state index is 0.160. The van der Waals surface area contributed by atoms with Crippen LogP contribution in [0.15, 0.2) is 28.7 Å². The maximum Gasteiger partial charge on any atom is 0.0499 e. The maximum atomic E-state index is 6.30. The molecule has 2 nitrogen and oxygen atoms in total. The number of hydrogen-bond acceptors (Lipinski definition) is 2. The number of nitrogens with two attached hydrogens (primary N) is 1. The van der Waals surface area contributed by atoms with Gasteiger partial charge in [0.2, 0.25) is 0 Å². The van der Waals surface area contributed by atoms with Gasteiger partial charge in [0.25, 0.3) is 0 Å². The molecule has 1 saturated heterocycles. The van der Waals surface area contributed by atoms with Gasteiger partial charge in [0, 0.05) is 22.6 Å². The summed E-state index contributed by atoms with van der Waals surface area (Å²) < 4.78 is 1.13. The van der Waals surface area contributed by atoms with Crippen molar-refractivity contribution in [3.8, 4) is 0 Å². The lowest BCUT2D eigenvalue weighted by Crippen LogP contribution is -2.47. The highest BCUT2D eigenvalue weighted by molar-refractivity contribution is 9.10. The lowest BCUT2D eigenvalue weighted by Gasteiger charge is -2.43. The zero-order valence-corrected chi connectivity index (χ0v) is 13.6. The first-order chi connectivity index (χ1) is 9.13. The lowest BCUT2D eigenvalue weighted by atomic mass is 9.92. The summed E-state index contributed by atoms with van der Waals surface area (Å²) >= 11 is 3.51. The summed E-state index contributed by atoms with van der Waals surface area (Å²) in [5.74, 6) is 0. The quantitative estimate of drug-likeness (QED) is 0.903. The number of benzene rings is 1. The highest BCUT2D eigenvalue weighted by Gasteiger charge is 2.30. The van der Waals surface area contributed by atoms with Crippen molar-refractivity contribution >= 4 is 15.9 Å². The Morgan fingerprint density at radius 1 is 1.32 bits per heavy atom. The Labute approximate surface area is 125 Å². The second-order valence-electron chi connectivity index (χ2n) is 5.65. The van der Waals surface area contributed by atoms with E-state index in [0.717, 1.165) is 4.47 Å². The number of nitrogens with zero attached hydrogens (tertiary/aromatic N) is 1. The van der Waals surface area contributed by atoms with Crippen molar-refractivity contribution in [1.82, 2.24) is 4.90 Å². The van der Waals surface area contributed by atoms with Crippen molar-refractivity contribution in [2.45, 2.75) is 57.7 Å². The molecule has 2 N–H and O–H groups in total. The summed E-state index contributed by atoms with van der Waals surface area (Å²) in [6.45, 7) is 5.61. The van der Waals surface area contributed by atoms with E-state index in [1.165, 1.54) is 37.8 Å². The van der Waals surface area contributed by atoms with Gasteiger partial charge in [-0.3, -0.25) is 4.90 Å². The molecule has 0 aliphatic carbocycles. The zero-order chi connectivity index (χ0) is 13.8. The molecule has 19 heavy (non-hydrogen) atoms. The van der Waals surface area contributed by atoms with Crippen molar-refractivity contribution in [3.05, 3.63) is 34.3 Å². The van der Waals surface area contributed by atoms with Crippen molar-refractivity contribution in [2.24, 2.45) is 5.73 Å². The molecule has 2 rings (SSSR count). The summed E-state index contributed by atoms with van der Waals surface area (Å²) in [6, 6.07) is 9.85. The minimum Gasteiger partial charge on any atom is -0.326 e. The summed E-state index contributed by atoms with van der Waals surface area (Å²) in [7, 11) is 0. The van der Waals surface area contributed by atoms with E-state index in [2.05, 4.69) is 58.9 Å². The first-order valence-corrected chi connectivity index (χ1v) is 8.19. The van der Waals surface area contributed by atoms with E-state index >= 15 is 0 Å². The first kappa shape index (κ1) is 15.0. The Morgan fingerprint density at radius 2 is 2.00 bits per heavy atom. The predicted octanol–water partition coefficient (Wildman–Crippen LogP) is 4.10. The average Bonchev–Trinajstić information content (AvgIpc) is 2.41. The monoisotopic (exact) mass is 324 g/mol. The van der Waals surface area contributed by atoms with Crippen molar-refractivity contribution < 1.29 is 0 Å². The highest BCUT2D eigenvalue weighted by Crippen LogP contribution is 2.32. The van der Waals surface area contributed by atoms with Gasteiger partial charge in [-0.25, -0.2) is 0 Å². The molecule has 3 heteroatoms. The third-order valence-corrected chi connectivity index (χ3v) is 4.74. The molecule has 1 aromatic carbocycles. The van der Waals surface area contributed by atoms with Crippen LogP contribution < -0.4 is 5.73 Å². The van der Waals surface area contributed by atoms with E-state index in [4.69, 9.17) is 5.73 Å². The largest absolute Gasteiger partial charge is 0.326 e. The Hall–Kier alpha value is -0.380. The molecule has 1 aliphatic rings. The predicted molar refractivity (Wildman–Crippen MR) is 85.2 cm³/mol. The molecule has 3 atom stereocenters. The molecular weight excluding hydrogens is 300 g/mol. The van der Waals surface area contributed by atoms with Crippen molar-refractivity contribution in [1.29, 1.82) is 0 Å². The fraction of sp³-hybridized carbons (Fsp3) is 0.625. The SMILES string of the molecule is CCC1CCCCN1C(c1ccc(Br)cc1)C(C)N. The van der Waals surface area contributed by atoms with Gasteiger partial charge in [-0.1, -0.05) is 41.4 Å². The Kier molecular flexibility index (Phi) is 5.43. The van der Waals surface area contributed by atoms with Crippen LogP contribution in [-0.4, -0.2) is 23.5 Å². The first-order valence-electron chi connectivity index (χ1n) is 7.40. The second kappa shape index (κ2) is 6.87. The normalized spacial score (nSPS) is 24.1. The molecule has 1 heterocycles. The molecule has 106 valence electrons. The van der Waals surface area contributed by atoms with Gasteiger partial charge in [-0.15, -0.1) is 0 Å². The Bertz CT molecular complexity index is 388. The number of halogens is 1. The topological polar surface area (TPSA) is 29.3 Å². The molecule has 0 bridgehead atoms. The zero-order valence-electron chi connectivity index (χ0n) is 12.0. The average molecular weight is 325 g/mol. The Morgan fingerprint density at radius 3 is 2.58 bits per heavy atom. The van der Waals surface area contributed by atoms with E-state index in [1.807, 2.05) is 0 Å². The van der Waals surface area contributed by atoms with Gasteiger partial charge in [0.1, 0.15) is 0 Å². The van der Waals surface area contributed by atoms with Crippen LogP contribution in [-0.2, 0) is 0 Å². The standard InChI is InChI=1S/C16H25BrN2/c1-3-15-6-4-5-11-19(15)16(12(2)18)13-7-9-14(17)10-8-13/h7-10,12,15-16H,3-6,11,18H2,1-2H3. The summed E-state index contributed by atoms with van der Waals surface area (Å²) in [5, 5.41) is 0. The van der Waals surface area contributed by atoms with E-state index in [-0.39, 0.29) is 6.04 Å². The van der Waals surface area contributed by atoms with Crippen LogP contribution >= 0.6 is 15.9 Å². The van der Waals surface area contributed by atoms with Crippen LogP contribution in [0.5, 0.6) is 0 Å². The summed E-state index contributed by atoms with van der Waals surface area (Å²) in [4.78, 5) is 2.64. The van der Waals surface area contributed by atoms with Crippen molar-refractivity contribution in [2.75, 3.05) is 6.54 Å². The van der Waals surface area contributed by atoms with E-state index in [9.17, 15) is 0 Å². The number of hydrogen-bond donors (Lipinski definition) is 1. The van der Waals surface area contributed by atoms with Gasteiger partial charge >= 0.3 is 0 Å². The van der Waals surface area contributed by atoms with Crippen LogP contribution in [0.4, 0.5) is 0 Å². The second-order valence-corrected chi connectivity index (χ2v) is 6.57. The fourth-order valence-electron chi connectivity index (χ4n) is 3.28. The Balaban J connectivity index is 2.25. The number of rotatable bonds is 4. The van der Waals surface area contributed by atoms with Gasteiger partial charge in [-0.05, 0) is 50.4 Å². The number of piperidine rings is 1. The number of likely N-dealkylation sites (tertiary alicyclic amines) is 1. The van der Waals surface area contributed by atoms with Crippen LogP contribution in [0, 0.1) is 0 Å². The molecule has 0 radical (unpaired) electrons. The van der Waals surface area contributed by atoms with E-state index in [0.29, 0.717) is 12.1 Å². The van der Waals surface area contributed by atoms with Gasteiger partial charge < -0.3 is 5.73 Å². The highest BCUT2D eigenvalue weighted by atomic mass is 79.9. The third-order valence-electron chi connectivity index (χ3n) is 4.21. The third kappa shape index (κ3) is 3.59. The molecule has 1 fully saturated rings. The van der Waals surface area contributed by atoms with Crippen LogP contribution in [0.2, 0.25) is 0 Å². The fourth-order valence-corrected chi connectivity index (χ4v) is 3.55. The molecule has 1 aliphatic heterocycles. The summed E-state index contributed by atoms with van der Waals surface area (Å²) in [6.07, 6.45) is 5.20. The molecule has 0 amide bonds. The molecule has 1 aromatic rings. The van der Waals surface area contributed by atoms with Crippen LogP contribution in [0.25, 0.3) is 0 Å². The van der Waals surface area contributed by atoms with E-state index in [1.54, 1.807) is 0 Å². The summed E-state index contributed by atoms with van der Waals surface area (Å²) in [5.41, 5.74) is 7.65. The molecule has 0 aromatic heterocycles. The maximum absolute atomic E-state index is 6.30. The van der Waals surface area contributed by atoms with Crippen molar-refractivity contribution in [3.63, 3.8) is 0 Å². The van der Waals surface area contributed by atoms with E-state index < -0.39 is 0 Å². The smallest absolute Gasteiger partial charge is 0.0499 e. The van der Waals surface area contributed by atoms with Gasteiger partial charge in [-0.2, -0.15) is 0 Å². The molecule has 0 spiro atoms. The van der Waals surface area contributed by atoms with Crippen LogP contribution in [0.3, 0.4) is 0 Å². The molecule has 0 saturated carbocycles. The molecular formula is C16H25BrN2.